The number of hydrogen-bond acceptors (Lipinski definition) is 4. The van der Waals surface area contributed by atoms with Gasteiger partial charge in [-0.15, -0.1) is 11.3 Å². The topological polar surface area (TPSA) is 34.2 Å². The zero-order valence-corrected chi connectivity index (χ0v) is 12.4. The highest BCUT2D eigenvalue weighted by Gasteiger charge is 2.12. The molecule has 19 heavy (non-hydrogen) atoms. The second kappa shape index (κ2) is 6.68. The van der Waals surface area contributed by atoms with Crippen LogP contribution in [-0.2, 0) is 6.42 Å². The Morgan fingerprint density at radius 1 is 1.37 bits per heavy atom. The molecule has 0 radical (unpaired) electrons. The maximum atomic E-state index is 5.75. The minimum atomic E-state index is 0.199. The Hall–Kier alpha value is -1.39. The number of rotatable bonds is 6. The van der Waals surface area contributed by atoms with E-state index < -0.39 is 0 Å². The lowest BCUT2D eigenvalue weighted by Gasteiger charge is -2.17. The highest BCUT2D eigenvalue weighted by Crippen LogP contribution is 2.24. The van der Waals surface area contributed by atoms with Gasteiger partial charge in [0.05, 0.1) is 11.6 Å². The average Bonchev–Trinajstić information content (AvgIpc) is 2.88. The molecule has 2 rings (SSSR count). The molecule has 1 unspecified atom stereocenters. The van der Waals surface area contributed by atoms with Crippen LogP contribution in [0.3, 0.4) is 0 Å². The van der Waals surface area contributed by atoms with Crippen LogP contribution in [0.25, 0.3) is 0 Å². The molecule has 1 aromatic heterocycles. The molecule has 0 amide bonds. The lowest BCUT2D eigenvalue weighted by atomic mass is 10.0. The van der Waals surface area contributed by atoms with Gasteiger partial charge in [0.1, 0.15) is 5.75 Å². The molecule has 0 aliphatic heterocycles. The minimum Gasteiger partial charge on any atom is -0.491 e. The van der Waals surface area contributed by atoms with E-state index in [4.69, 9.17) is 4.74 Å². The fraction of sp³-hybridized carbons (Fsp3) is 0.400. The van der Waals surface area contributed by atoms with Crippen LogP contribution in [0, 0.1) is 0 Å². The first-order valence-corrected chi connectivity index (χ1v) is 7.38. The van der Waals surface area contributed by atoms with Crippen LogP contribution in [0.5, 0.6) is 5.75 Å². The molecule has 0 fully saturated rings. The lowest BCUT2D eigenvalue weighted by Crippen LogP contribution is -2.18. The van der Waals surface area contributed by atoms with Crippen molar-refractivity contribution in [3.8, 4) is 5.75 Å². The van der Waals surface area contributed by atoms with Crippen LogP contribution in [-0.4, -0.2) is 18.1 Å². The molecule has 0 bridgehead atoms. The van der Waals surface area contributed by atoms with Crippen molar-refractivity contribution in [1.29, 1.82) is 0 Å². The van der Waals surface area contributed by atoms with Crippen molar-refractivity contribution in [3.63, 3.8) is 0 Å². The summed E-state index contributed by atoms with van der Waals surface area (Å²) in [6.07, 6.45) is 3.08. The molecule has 4 heteroatoms. The van der Waals surface area contributed by atoms with Crippen molar-refractivity contribution < 1.29 is 4.74 Å². The van der Waals surface area contributed by atoms with Gasteiger partial charge in [0.15, 0.2) is 0 Å². The molecule has 0 saturated carbocycles. The Kier molecular flexibility index (Phi) is 4.93. The Morgan fingerprint density at radius 2 is 2.21 bits per heavy atom. The van der Waals surface area contributed by atoms with E-state index in [9.17, 15) is 0 Å². The first-order valence-electron chi connectivity index (χ1n) is 6.50. The molecule has 0 saturated heterocycles. The molecule has 1 aromatic carbocycles. The van der Waals surface area contributed by atoms with Crippen molar-refractivity contribution >= 4 is 11.3 Å². The van der Waals surface area contributed by atoms with Gasteiger partial charge in [0.25, 0.3) is 0 Å². The largest absolute Gasteiger partial charge is 0.491 e. The zero-order chi connectivity index (χ0) is 13.7. The molecule has 3 nitrogen and oxygen atoms in total. The van der Waals surface area contributed by atoms with E-state index in [0.717, 1.165) is 12.2 Å². The molecule has 1 atom stereocenters. The second-order valence-electron chi connectivity index (χ2n) is 4.75. The number of likely N-dealkylation sites (N-methyl/N-ethyl adjacent to an activating group) is 1. The van der Waals surface area contributed by atoms with Gasteiger partial charge in [0, 0.05) is 23.5 Å². The van der Waals surface area contributed by atoms with E-state index in [2.05, 4.69) is 22.4 Å². The number of nitrogens with zero attached hydrogens (tertiary/aromatic N) is 1. The van der Waals surface area contributed by atoms with E-state index in [1.165, 1.54) is 10.4 Å². The van der Waals surface area contributed by atoms with Crippen molar-refractivity contribution in [1.82, 2.24) is 10.3 Å². The summed E-state index contributed by atoms with van der Waals surface area (Å²) in [5.41, 5.74) is 3.12. The maximum Gasteiger partial charge on any atom is 0.120 e. The van der Waals surface area contributed by atoms with Crippen LogP contribution in [0.2, 0.25) is 0 Å². The standard InChI is InChI=1S/C15H20N2OS/c1-11(2)18-13-6-4-5-12(7-13)15(16-3)8-14-9-17-10-19-14/h4-7,9-11,15-16H,8H2,1-3H3. The summed E-state index contributed by atoms with van der Waals surface area (Å²) in [5.74, 6) is 0.928. The van der Waals surface area contributed by atoms with Gasteiger partial charge in [0.2, 0.25) is 0 Å². The van der Waals surface area contributed by atoms with Gasteiger partial charge in [-0.05, 0) is 38.6 Å². The quantitative estimate of drug-likeness (QED) is 0.877. The van der Waals surface area contributed by atoms with Gasteiger partial charge in [-0.3, -0.25) is 4.98 Å². The van der Waals surface area contributed by atoms with Crippen LogP contribution in [0.4, 0.5) is 0 Å². The van der Waals surface area contributed by atoms with Crippen molar-refractivity contribution in [2.24, 2.45) is 0 Å². The summed E-state index contributed by atoms with van der Waals surface area (Å²) in [4.78, 5) is 5.41. The number of aromatic nitrogens is 1. The number of ether oxygens (including phenoxy) is 1. The molecule has 0 aliphatic rings. The number of hydrogen-bond donors (Lipinski definition) is 1. The molecular weight excluding hydrogens is 256 g/mol. The van der Waals surface area contributed by atoms with Crippen LogP contribution in [0.15, 0.2) is 36.0 Å². The number of benzene rings is 1. The number of thiazole rings is 1. The van der Waals surface area contributed by atoms with Crippen molar-refractivity contribution in [2.75, 3.05) is 7.05 Å². The number of nitrogens with one attached hydrogen (secondary N) is 1. The summed E-state index contributed by atoms with van der Waals surface area (Å²) >= 11 is 1.69. The molecule has 1 heterocycles. The fourth-order valence-electron chi connectivity index (χ4n) is 2.01. The van der Waals surface area contributed by atoms with Gasteiger partial charge < -0.3 is 10.1 Å². The Balaban J connectivity index is 2.13. The third-order valence-corrected chi connectivity index (χ3v) is 3.67. The zero-order valence-electron chi connectivity index (χ0n) is 11.6. The van der Waals surface area contributed by atoms with E-state index in [1.54, 1.807) is 11.3 Å². The molecule has 1 N–H and O–H groups in total. The molecule has 102 valence electrons. The minimum absolute atomic E-state index is 0.199. The molecule has 2 aromatic rings. The first kappa shape index (κ1) is 14.0. The lowest BCUT2D eigenvalue weighted by molar-refractivity contribution is 0.242. The first-order chi connectivity index (χ1) is 9.19. The highest BCUT2D eigenvalue weighted by atomic mass is 32.1. The Labute approximate surface area is 118 Å². The molecule has 0 spiro atoms. The predicted octanol–water partition coefficient (Wildman–Crippen LogP) is 3.43. The van der Waals surface area contributed by atoms with Gasteiger partial charge >= 0.3 is 0 Å². The molecule has 0 aliphatic carbocycles. The third-order valence-electron chi connectivity index (χ3n) is 2.87. The summed E-state index contributed by atoms with van der Waals surface area (Å²) in [6, 6.07) is 8.58. The predicted molar refractivity (Wildman–Crippen MR) is 79.8 cm³/mol. The molecular formula is C15H20N2OS. The smallest absolute Gasteiger partial charge is 0.120 e. The van der Waals surface area contributed by atoms with Crippen molar-refractivity contribution in [2.45, 2.75) is 32.4 Å². The Bertz CT molecular complexity index is 497. The maximum absolute atomic E-state index is 5.75. The van der Waals surface area contributed by atoms with Gasteiger partial charge in [-0.1, -0.05) is 12.1 Å². The SMILES string of the molecule is CNC(Cc1cncs1)c1cccc(OC(C)C)c1. The van der Waals surface area contributed by atoms with Gasteiger partial charge in [-0.25, -0.2) is 0 Å². The third kappa shape index (κ3) is 4.04. The highest BCUT2D eigenvalue weighted by molar-refractivity contribution is 7.09. The average molecular weight is 276 g/mol. The normalized spacial score (nSPS) is 12.6. The van der Waals surface area contributed by atoms with E-state index >= 15 is 0 Å². The van der Waals surface area contributed by atoms with Crippen molar-refractivity contribution in [3.05, 3.63) is 46.4 Å². The van der Waals surface area contributed by atoms with E-state index in [-0.39, 0.29) is 12.1 Å². The van der Waals surface area contributed by atoms with E-state index in [1.807, 2.05) is 44.7 Å². The summed E-state index contributed by atoms with van der Waals surface area (Å²) in [6.45, 7) is 4.08. The van der Waals surface area contributed by atoms with Crippen LogP contribution < -0.4 is 10.1 Å². The summed E-state index contributed by atoms with van der Waals surface area (Å²) in [7, 11) is 1.99. The summed E-state index contributed by atoms with van der Waals surface area (Å²) in [5, 5.41) is 3.36. The fourth-order valence-corrected chi connectivity index (χ4v) is 2.65. The monoisotopic (exact) mass is 276 g/mol. The summed E-state index contributed by atoms with van der Waals surface area (Å²) < 4.78 is 5.75. The second-order valence-corrected chi connectivity index (χ2v) is 5.72. The van der Waals surface area contributed by atoms with Crippen LogP contribution in [0.1, 0.15) is 30.3 Å². The van der Waals surface area contributed by atoms with Gasteiger partial charge in [-0.2, -0.15) is 0 Å². The Morgan fingerprint density at radius 3 is 2.84 bits per heavy atom. The van der Waals surface area contributed by atoms with E-state index in [0.29, 0.717) is 0 Å². The van der Waals surface area contributed by atoms with Crippen LogP contribution >= 0.6 is 11.3 Å².